The van der Waals surface area contributed by atoms with Gasteiger partial charge in [0.1, 0.15) is 12.3 Å². The van der Waals surface area contributed by atoms with Gasteiger partial charge >= 0.3 is 6.18 Å². The average Bonchev–Trinajstić information content (AvgIpc) is 3.31. The molecule has 0 unspecified atom stereocenters. The second kappa shape index (κ2) is 9.63. The number of ether oxygens (including phenoxy) is 1. The molecule has 0 aliphatic heterocycles. The van der Waals surface area contributed by atoms with Gasteiger partial charge in [-0.15, -0.1) is 15.3 Å². The highest BCUT2D eigenvalue weighted by Crippen LogP contribution is 2.32. The van der Waals surface area contributed by atoms with E-state index in [-0.39, 0.29) is 18.1 Å². The summed E-state index contributed by atoms with van der Waals surface area (Å²) >= 11 is 0. The summed E-state index contributed by atoms with van der Waals surface area (Å²) in [6.45, 7) is 1.32. The van der Waals surface area contributed by atoms with E-state index >= 15 is 0 Å². The number of hydrogen-bond donors (Lipinski definition) is 1. The monoisotopic (exact) mass is 480 g/mol. The number of fused-ring (bicyclic) bond motifs is 3. The summed E-state index contributed by atoms with van der Waals surface area (Å²) in [5, 5.41) is 19.9. The van der Waals surface area contributed by atoms with E-state index in [0.29, 0.717) is 27.7 Å². The number of nitrogens with one attached hydrogen (secondary N) is 1. The van der Waals surface area contributed by atoms with Crippen molar-refractivity contribution in [3.8, 4) is 5.88 Å². The van der Waals surface area contributed by atoms with Crippen LogP contribution in [0, 0.1) is 0 Å². The van der Waals surface area contributed by atoms with Crippen LogP contribution in [0.1, 0.15) is 17.1 Å². The van der Waals surface area contributed by atoms with Crippen LogP contribution < -0.4 is 14.7 Å². The highest BCUT2D eigenvalue weighted by atomic mass is 19.4. The average molecular weight is 480 g/mol. The van der Waals surface area contributed by atoms with Gasteiger partial charge in [-0.25, -0.2) is 0 Å². The predicted molar refractivity (Wildman–Crippen MR) is 120 cm³/mol. The number of benzene rings is 2. The molecule has 0 atom stereocenters. The molecule has 5 rings (SSSR count). The largest absolute Gasteiger partial charge is 0.469 e. The van der Waals surface area contributed by atoms with Crippen molar-refractivity contribution in [1.82, 2.24) is 30.2 Å². The van der Waals surface area contributed by atoms with Crippen molar-refractivity contribution in [1.29, 1.82) is 0 Å². The molecule has 0 saturated heterocycles. The van der Waals surface area contributed by atoms with Crippen LogP contribution in [-0.2, 0) is 25.9 Å². The van der Waals surface area contributed by atoms with Crippen LogP contribution in [0.5, 0.6) is 5.88 Å². The smallest absolute Gasteiger partial charge is 0.453 e. The molecule has 5 aromatic rings. The van der Waals surface area contributed by atoms with Crippen LogP contribution in [0.25, 0.3) is 16.4 Å². The predicted octanol–water partition coefficient (Wildman–Crippen LogP) is 3.35. The number of rotatable bonds is 8. The highest BCUT2D eigenvalue weighted by molar-refractivity contribution is 5.96. The third-order valence-corrected chi connectivity index (χ3v) is 5.35. The zero-order chi connectivity index (χ0) is 24.3. The van der Waals surface area contributed by atoms with E-state index in [9.17, 15) is 13.2 Å². The van der Waals surface area contributed by atoms with Gasteiger partial charge in [0.2, 0.25) is 12.5 Å². The van der Waals surface area contributed by atoms with Crippen molar-refractivity contribution in [3.63, 3.8) is 0 Å². The zero-order valence-electron chi connectivity index (χ0n) is 18.5. The molecule has 0 aliphatic rings. The summed E-state index contributed by atoms with van der Waals surface area (Å²) in [7, 11) is 0. The van der Waals surface area contributed by atoms with Crippen molar-refractivity contribution in [3.05, 3.63) is 90.0 Å². The van der Waals surface area contributed by atoms with Gasteiger partial charge in [-0.3, -0.25) is 5.32 Å². The minimum absolute atomic E-state index is 0.0116. The van der Waals surface area contributed by atoms with Gasteiger partial charge in [-0.05, 0) is 29.2 Å². The molecule has 0 saturated carbocycles. The van der Waals surface area contributed by atoms with Gasteiger partial charge in [-0.1, -0.05) is 53.2 Å². The number of hydrogen-bond acceptors (Lipinski definition) is 6. The van der Waals surface area contributed by atoms with E-state index < -0.39 is 12.0 Å². The molecule has 0 fully saturated rings. The molecular weight excluding hydrogens is 459 g/mol. The maximum Gasteiger partial charge on any atom is 0.453 e. The summed E-state index contributed by atoms with van der Waals surface area (Å²) < 4.78 is 48.4. The lowest BCUT2D eigenvalue weighted by Crippen LogP contribution is -2.45. The molecule has 35 heavy (non-hydrogen) atoms. The Morgan fingerprint density at radius 3 is 2.49 bits per heavy atom. The van der Waals surface area contributed by atoms with Gasteiger partial charge in [-0.2, -0.15) is 17.7 Å². The first-order valence-corrected chi connectivity index (χ1v) is 10.9. The van der Waals surface area contributed by atoms with Crippen molar-refractivity contribution in [2.24, 2.45) is 0 Å². The van der Waals surface area contributed by atoms with Crippen LogP contribution in [-0.4, -0.2) is 31.5 Å². The van der Waals surface area contributed by atoms with Gasteiger partial charge < -0.3 is 4.74 Å². The molecule has 0 bridgehead atoms. The normalized spacial score (nSPS) is 11.9. The molecular formula is C24H21F3N7O+. The molecule has 0 spiro atoms. The Bertz CT molecular complexity index is 1450. The third-order valence-electron chi connectivity index (χ3n) is 5.35. The van der Waals surface area contributed by atoms with E-state index in [1.54, 1.807) is 35.0 Å². The Kier molecular flexibility index (Phi) is 6.23. The lowest BCUT2D eigenvalue weighted by atomic mass is 10.1. The number of halogens is 3. The van der Waals surface area contributed by atoms with Crippen LogP contribution in [0.15, 0.2) is 72.9 Å². The molecule has 0 radical (unpaired) electrons. The molecule has 11 heteroatoms. The number of aromatic nitrogens is 6. The van der Waals surface area contributed by atoms with Gasteiger partial charge in [0.25, 0.3) is 5.82 Å². The zero-order valence-corrected chi connectivity index (χ0v) is 18.5. The molecule has 178 valence electrons. The van der Waals surface area contributed by atoms with Crippen LogP contribution in [0.3, 0.4) is 0 Å². The van der Waals surface area contributed by atoms with Crippen LogP contribution >= 0.6 is 0 Å². The summed E-state index contributed by atoms with van der Waals surface area (Å²) in [5.74, 6) is -1.17. The lowest BCUT2D eigenvalue weighted by Gasteiger charge is -2.10. The Morgan fingerprint density at radius 2 is 1.69 bits per heavy atom. The second-order valence-corrected chi connectivity index (χ2v) is 7.83. The quantitative estimate of drug-likeness (QED) is 0.271. The number of nitrogens with zero attached hydrogens (tertiary/aromatic N) is 6. The van der Waals surface area contributed by atoms with Crippen molar-refractivity contribution in [2.45, 2.75) is 25.9 Å². The van der Waals surface area contributed by atoms with E-state index in [4.69, 9.17) is 4.74 Å². The summed E-state index contributed by atoms with van der Waals surface area (Å²) in [6.07, 6.45) is -1.98. The topological polar surface area (TPSA) is 81.1 Å². The van der Waals surface area contributed by atoms with Crippen LogP contribution in [0.4, 0.5) is 13.2 Å². The van der Waals surface area contributed by atoms with Gasteiger partial charge in [0.05, 0.1) is 0 Å². The molecule has 0 amide bonds. The summed E-state index contributed by atoms with van der Waals surface area (Å²) in [5.41, 5.74) is 1.86. The molecule has 8 nitrogen and oxygen atoms in total. The molecule has 3 aromatic heterocycles. The summed E-state index contributed by atoms with van der Waals surface area (Å²) in [4.78, 5) is 0. The SMILES string of the molecule is FC(F)(F)c1nnc2c3ccccc3c(OCc3ccc[n+](CNCCc4ccccc4)n3)nn12. The Balaban J connectivity index is 1.31. The van der Waals surface area contributed by atoms with Crippen LogP contribution in [0.2, 0.25) is 0 Å². The van der Waals surface area contributed by atoms with E-state index in [1.807, 2.05) is 30.5 Å². The minimum Gasteiger partial charge on any atom is -0.469 e. The fourth-order valence-electron chi connectivity index (χ4n) is 3.70. The molecule has 2 aromatic carbocycles. The van der Waals surface area contributed by atoms with Crippen molar-refractivity contribution < 1.29 is 22.6 Å². The summed E-state index contributed by atoms with van der Waals surface area (Å²) in [6, 6.07) is 20.6. The minimum atomic E-state index is -4.70. The molecule has 1 N–H and O–H groups in total. The Morgan fingerprint density at radius 1 is 0.914 bits per heavy atom. The van der Waals surface area contributed by atoms with E-state index in [2.05, 4.69) is 37.8 Å². The first kappa shape index (κ1) is 22.7. The third kappa shape index (κ3) is 5.04. The van der Waals surface area contributed by atoms with Crippen molar-refractivity contribution >= 4 is 16.4 Å². The van der Waals surface area contributed by atoms with E-state index in [0.717, 1.165) is 13.0 Å². The fourth-order valence-corrected chi connectivity index (χ4v) is 3.70. The second-order valence-electron chi connectivity index (χ2n) is 7.83. The first-order chi connectivity index (χ1) is 17.0. The Hall–Kier alpha value is -4.12. The lowest BCUT2D eigenvalue weighted by molar-refractivity contribution is -0.758. The fraction of sp³-hybridized carbons (Fsp3) is 0.208. The Labute approximate surface area is 198 Å². The number of alkyl halides is 3. The maximum absolute atomic E-state index is 13.4. The standard InChI is InChI=1S/C24H21F3N7O/c25-24(26,27)23-30-29-21-19-10-4-5-11-20(19)22(32-34(21)23)35-15-18-9-6-14-33(31-18)16-28-13-12-17-7-2-1-3-8-17/h1-11,14,28H,12-13,15-16H2/q+1. The first-order valence-electron chi connectivity index (χ1n) is 10.9. The molecule has 3 heterocycles. The van der Waals surface area contributed by atoms with E-state index in [1.165, 1.54) is 5.56 Å². The van der Waals surface area contributed by atoms with Crippen molar-refractivity contribution in [2.75, 3.05) is 6.54 Å². The molecule has 0 aliphatic carbocycles. The van der Waals surface area contributed by atoms with Gasteiger partial charge in [0, 0.05) is 23.4 Å². The highest BCUT2D eigenvalue weighted by Gasteiger charge is 2.38. The van der Waals surface area contributed by atoms with Gasteiger partial charge in [0.15, 0.2) is 11.8 Å². The maximum atomic E-state index is 13.4.